The second kappa shape index (κ2) is 7.78. The highest BCUT2D eigenvalue weighted by Gasteiger charge is 2.27. The van der Waals surface area contributed by atoms with Gasteiger partial charge < -0.3 is 14.7 Å². The number of hydrogen-bond donors (Lipinski definition) is 1. The van der Waals surface area contributed by atoms with Gasteiger partial charge in [-0.15, -0.1) is 0 Å². The smallest absolute Gasteiger partial charge is 0.308 e. The fourth-order valence-corrected chi connectivity index (χ4v) is 2.49. The van der Waals surface area contributed by atoms with E-state index in [2.05, 4.69) is 0 Å². The summed E-state index contributed by atoms with van der Waals surface area (Å²) in [5.41, 5.74) is 1.08. The zero-order chi connectivity index (χ0) is 15.1. The SMILES string of the molecule is O=C(O)[C@@H]1CCCN(C(=O)CCOCc2ccccc2)C1. The van der Waals surface area contributed by atoms with Crippen molar-refractivity contribution in [2.75, 3.05) is 19.7 Å². The Labute approximate surface area is 124 Å². The van der Waals surface area contributed by atoms with Gasteiger partial charge in [-0.2, -0.15) is 0 Å². The molecule has 0 unspecified atom stereocenters. The van der Waals surface area contributed by atoms with Gasteiger partial charge in [0, 0.05) is 13.1 Å². The van der Waals surface area contributed by atoms with Crippen LogP contribution in [0, 0.1) is 5.92 Å². The maximum atomic E-state index is 12.0. The summed E-state index contributed by atoms with van der Waals surface area (Å²) in [7, 11) is 0. The fraction of sp³-hybridized carbons (Fsp3) is 0.500. The first-order chi connectivity index (χ1) is 10.2. The van der Waals surface area contributed by atoms with E-state index in [1.54, 1.807) is 4.90 Å². The van der Waals surface area contributed by atoms with Gasteiger partial charge in [0.15, 0.2) is 0 Å². The molecule has 0 radical (unpaired) electrons. The van der Waals surface area contributed by atoms with Crippen molar-refractivity contribution >= 4 is 11.9 Å². The molecule has 0 saturated carbocycles. The summed E-state index contributed by atoms with van der Waals surface area (Å²) >= 11 is 0. The van der Waals surface area contributed by atoms with Gasteiger partial charge in [-0.05, 0) is 18.4 Å². The lowest BCUT2D eigenvalue weighted by Gasteiger charge is -2.30. The van der Waals surface area contributed by atoms with Crippen molar-refractivity contribution in [3.05, 3.63) is 35.9 Å². The minimum Gasteiger partial charge on any atom is -0.481 e. The Morgan fingerprint density at radius 2 is 2.05 bits per heavy atom. The molecular formula is C16H21NO4. The molecule has 2 rings (SSSR count). The van der Waals surface area contributed by atoms with E-state index >= 15 is 0 Å². The number of benzene rings is 1. The predicted molar refractivity (Wildman–Crippen MR) is 77.7 cm³/mol. The molecule has 1 saturated heterocycles. The monoisotopic (exact) mass is 291 g/mol. The lowest BCUT2D eigenvalue weighted by Crippen LogP contribution is -2.42. The molecule has 1 heterocycles. The Bertz CT molecular complexity index is 474. The van der Waals surface area contributed by atoms with Crippen molar-refractivity contribution in [2.24, 2.45) is 5.92 Å². The highest BCUT2D eigenvalue weighted by Crippen LogP contribution is 2.17. The van der Waals surface area contributed by atoms with Gasteiger partial charge >= 0.3 is 5.97 Å². The first-order valence-electron chi connectivity index (χ1n) is 7.29. The number of rotatable bonds is 6. The van der Waals surface area contributed by atoms with Gasteiger partial charge in [0.2, 0.25) is 5.91 Å². The standard InChI is InChI=1S/C16H21NO4/c18-15(17-9-4-7-14(11-17)16(19)20)8-10-21-12-13-5-2-1-3-6-13/h1-3,5-6,14H,4,7-12H2,(H,19,20)/t14-/m1/s1. The number of hydrogen-bond acceptors (Lipinski definition) is 3. The molecule has 5 heteroatoms. The lowest BCUT2D eigenvalue weighted by molar-refractivity contribution is -0.145. The van der Waals surface area contributed by atoms with Gasteiger partial charge in [0.25, 0.3) is 0 Å². The van der Waals surface area contributed by atoms with Gasteiger partial charge in [0.1, 0.15) is 0 Å². The Morgan fingerprint density at radius 3 is 2.76 bits per heavy atom. The Morgan fingerprint density at radius 1 is 1.29 bits per heavy atom. The van der Waals surface area contributed by atoms with Crippen LogP contribution in [-0.2, 0) is 20.9 Å². The summed E-state index contributed by atoms with van der Waals surface area (Å²) in [6.07, 6.45) is 1.72. The fourth-order valence-electron chi connectivity index (χ4n) is 2.49. The molecular weight excluding hydrogens is 270 g/mol. The summed E-state index contributed by atoms with van der Waals surface area (Å²) in [4.78, 5) is 24.7. The zero-order valence-electron chi connectivity index (χ0n) is 12.0. The molecule has 1 N–H and O–H groups in total. The van der Waals surface area contributed by atoms with Crippen molar-refractivity contribution < 1.29 is 19.4 Å². The average molecular weight is 291 g/mol. The molecule has 1 atom stereocenters. The van der Waals surface area contributed by atoms with Crippen LogP contribution in [0.3, 0.4) is 0 Å². The highest BCUT2D eigenvalue weighted by molar-refractivity contribution is 5.78. The number of carboxylic acid groups (broad SMARTS) is 1. The molecule has 0 aromatic heterocycles. The van der Waals surface area contributed by atoms with Crippen LogP contribution in [0.5, 0.6) is 0 Å². The minimum absolute atomic E-state index is 0.0194. The maximum absolute atomic E-state index is 12.0. The van der Waals surface area contributed by atoms with E-state index in [4.69, 9.17) is 9.84 Å². The maximum Gasteiger partial charge on any atom is 0.308 e. The molecule has 1 fully saturated rings. The molecule has 1 aromatic carbocycles. The summed E-state index contributed by atoms with van der Waals surface area (Å²) in [6.45, 7) is 1.84. The van der Waals surface area contributed by atoms with Crippen LogP contribution >= 0.6 is 0 Å². The average Bonchev–Trinajstić information content (AvgIpc) is 2.52. The van der Waals surface area contributed by atoms with Crippen LogP contribution < -0.4 is 0 Å². The van der Waals surface area contributed by atoms with Crippen molar-refractivity contribution in [3.8, 4) is 0 Å². The summed E-state index contributed by atoms with van der Waals surface area (Å²) in [5, 5.41) is 9.02. The molecule has 0 bridgehead atoms. The highest BCUT2D eigenvalue weighted by atomic mass is 16.5. The van der Waals surface area contributed by atoms with Crippen LogP contribution in [0.1, 0.15) is 24.8 Å². The molecule has 114 valence electrons. The van der Waals surface area contributed by atoms with E-state index in [9.17, 15) is 9.59 Å². The van der Waals surface area contributed by atoms with Gasteiger partial charge in [-0.3, -0.25) is 9.59 Å². The number of carbonyl (C=O) groups is 2. The van der Waals surface area contributed by atoms with Crippen molar-refractivity contribution in [2.45, 2.75) is 25.9 Å². The number of piperidine rings is 1. The van der Waals surface area contributed by atoms with Crippen LogP contribution in [0.25, 0.3) is 0 Å². The number of nitrogens with zero attached hydrogens (tertiary/aromatic N) is 1. The van der Waals surface area contributed by atoms with E-state index in [1.807, 2.05) is 30.3 Å². The molecule has 0 aliphatic carbocycles. The predicted octanol–water partition coefficient (Wildman–Crippen LogP) is 1.92. The topological polar surface area (TPSA) is 66.8 Å². The first-order valence-corrected chi connectivity index (χ1v) is 7.29. The molecule has 1 amide bonds. The quantitative estimate of drug-likeness (QED) is 0.813. The van der Waals surface area contributed by atoms with Crippen LogP contribution in [0.4, 0.5) is 0 Å². The van der Waals surface area contributed by atoms with Gasteiger partial charge in [0.05, 0.1) is 25.6 Å². The Kier molecular flexibility index (Phi) is 5.75. The summed E-state index contributed by atoms with van der Waals surface area (Å²) < 4.78 is 5.49. The van der Waals surface area contributed by atoms with Crippen LogP contribution in [0.2, 0.25) is 0 Å². The Hall–Kier alpha value is -1.88. The number of amides is 1. The summed E-state index contributed by atoms with van der Waals surface area (Å²) in [6, 6.07) is 9.79. The molecule has 1 aliphatic heterocycles. The normalized spacial score (nSPS) is 18.5. The van der Waals surface area contributed by atoms with E-state index in [1.165, 1.54) is 0 Å². The van der Waals surface area contributed by atoms with Crippen molar-refractivity contribution in [1.29, 1.82) is 0 Å². The molecule has 1 aliphatic rings. The Balaban J connectivity index is 1.68. The van der Waals surface area contributed by atoms with Gasteiger partial charge in [-0.25, -0.2) is 0 Å². The van der Waals surface area contributed by atoms with E-state index < -0.39 is 11.9 Å². The van der Waals surface area contributed by atoms with Crippen LogP contribution in [0.15, 0.2) is 30.3 Å². The third kappa shape index (κ3) is 4.86. The van der Waals surface area contributed by atoms with E-state index in [0.717, 1.165) is 12.0 Å². The molecule has 5 nitrogen and oxygen atoms in total. The second-order valence-electron chi connectivity index (χ2n) is 5.31. The third-order valence-corrected chi connectivity index (χ3v) is 3.70. The molecule has 0 spiro atoms. The largest absolute Gasteiger partial charge is 0.481 e. The van der Waals surface area contributed by atoms with Crippen molar-refractivity contribution in [1.82, 2.24) is 4.90 Å². The van der Waals surface area contributed by atoms with Crippen molar-refractivity contribution in [3.63, 3.8) is 0 Å². The number of carboxylic acids is 1. The number of ether oxygens (including phenoxy) is 1. The van der Waals surface area contributed by atoms with Gasteiger partial charge in [-0.1, -0.05) is 30.3 Å². The lowest BCUT2D eigenvalue weighted by atomic mass is 9.98. The van der Waals surface area contributed by atoms with Crippen LogP contribution in [-0.4, -0.2) is 41.6 Å². The second-order valence-corrected chi connectivity index (χ2v) is 5.31. The zero-order valence-corrected chi connectivity index (χ0v) is 12.0. The molecule has 1 aromatic rings. The minimum atomic E-state index is -0.812. The number of likely N-dealkylation sites (tertiary alicyclic amines) is 1. The summed E-state index contributed by atoms with van der Waals surface area (Å²) in [5.74, 6) is -1.25. The number of carbonyl (C=O) groups excluding carboxylic acids is 1. The first kappa shape index (κ1) is 15.5. The molecule has 21 heavy (non-hydrogen) atoms. The van der Waals surface area contributed by atoms with E-state index in [-0.39, 0.29) is 5.91 Å². The van der Waals surface area contributed by atoms with E-state index in [0.29, 0.717) is 39.1 Å². The number of aliphatic carboxylic acids is 1. The third-order valence-electron chi connectivity index (χ3n) is 3.70.